The van der Waals surface area contributed by atoms with Crippen LogP contribution in [-0.4, -0.2) is 34.4 Å². The predicted octanol–water partition coefficient (Wildman–Crippen LogP) is 6.60. The molecule has 8 nitrogen and oxygen atoms in total. The zero-order valence-electron chi connectivity index (χ0n) is 19.4. The van der Waals surface area contributed by atoms with Gasteiger partial charge >= 0.3 is 6.01 Å². The highest BCUT2D eigenvalue weighted by Crippen LogP contribution is 2.31. The summed E-state index contributed by atoms with van der Waals surface area (Å²) in [6.45, 7) is 0. The Bertz CT molecular complexity index is 1170. The summed E-state index contributed by atoms with van der Waals surface area (Å²) >= 11 is 12.6. The molecule has 0 unspecified atom stereocenters. The summed E-state index contributed by atoms with van der Waals surface area (Å²) < 4.78 is 11.1. The summed E-state index contributed by atoms with van der Waals surface area (Å²) in [6, 6.07) is 10.8. The number of anilines is 3. The number of carbonyl (C=O) groups excluding carboxylic acids is 1. The highest BCUT2D eigenvalue weighted by Gasteiger charge is 2.17. The predicted molar refractivity (Wildman–Crippen MR) is 138 cm³/mol. The van der Waals surface area contributed by atoms with Gasteiger partial charge in [-0.25, -0.2) is 0 Å². The lowest BCUT2D eigenvalue weighted by atomic mass is 10.1. The first kappa shape index (κ1) is 25.0. The van der Waals surface area contributed by atoms with Gasteiger partial charge in [0.25, 0.3) is 0 Å². The number of aldehydes is 1. The van der Waals surface area contributed by atoms with Crippen molar-refractivity contribution in [2.45, 2.75) is 51.0 Å². The third-order valence-corrected chi connectivity index (χ3v) is 6.32. The fourth-order valence-electron chi connectivity index (χ4n) is 3.95. The number of hydrogen-bond acceptors (Lipinski definition) is 8. The third kappa shape index (κ3) is 6.96. The molecule has 3 aromatic rings. The van der Waals surface area contributed by atoms with Crippen molar-refractivity contribution in [3.05, 3.63) is 52.0 Å². The molecule has 35 heavy (non-hydrogen) atoms. The zero-order valence-corrected chi connectivity index (χ0v) is 20.9. The number of nitrogens with zero attached hydrogens (tertiary/aromatic N) is 3. The summed E-state index contributed by atoms with van der Waals surface area (Å²) in [5, 5.41) is 7.42. The molecular formula is C25H27Cl2N5O3. The van der Waals surface area contributed by atoms with Gasteiger partial charge in [0.15, 0.2) is 0 Å². The number of nitrogens with one attached hydrogen (secondary N) is 2. The molecule has 0 saturated heterocycles. The average Bonchev–Trinajstić information content (AvgIpc) is 3.10. The van der Waals surface area contributed by atoms with Crippen LogP contribution in [0.3, 0.4) is 0 Å². The summed E-state index contributed by atoms with van der Waals surface area (Å²) in [5.74, 6) is 1.66. The van der Waals surface area contributed by atoms with Crippen molar-refractivity contribution < 1.29 is 14.3 Å². The highest BCUT2D eigenvalue weighted by atomic mass is 35.5. The molecule has 1 aliphatic carbocycles. The Kier molecular flexibility index (Phi) is 8.60. The van der Waals surface area contributed by atoms with Gasteiger partial charge in [0.2, 0.25) is 11.9 Å². The van der Waals surface area contributed by atoms with E-state index >= 15 is 0 Å². The number of halogens is 2. The second-order valence-electron chi connectivity index (χ2n) is 8.31. The number of carbonyl (C=O) groups is 1. The minimum atomic E-state index is 0.0864. The highest BCUT2D eigenvalue weighted by molar-refractivity contribution is 6.32. The van der Waals surface area contributed by atoms with Crippen molar-refractivity contribution in [2.24, 2.45) is 0 Å². The first-order valence-electron chi connectivity index (χ1n) is 11.6. The third-order valence-electron chi connectivity index (χ3n) is 5.73. The van der Waals surface area contributed by atoms with Crippen molar-refractivity contribution in [1.29, 1.82) is 0 Å². The van der Waals surface area contributed by atoms with E-state index in [0.29, 0.717) is 39.1 Å². The average molecular weight is 516 g/mol. The number of methoxy groups -OCH3 is 1. The Morgan fingerprint density at radius 3 is 2.34 bits per heavy atom. The van der Waals surface area contributed by atoms with Gasteiger partial charge in [0.05, 0.1) is 17.2 Å². The van der Waals surface area contributed by atoms with E-state index in [-0.39, 0.29) is 18.5 Å². The van der Waals surface area contributed by atoms with Crippen LogP contribution in [0, 0.1) is 0 Å². The van der Waals surface area contributed by atoms with Crippen molar-refractivity contribution in [3.8, 4) is 17.5 Å². The molecule has 1 saturated carbocycles. The minimum absolute atomic E-state index is 0.0864. The maximum absolute atomic E-state index is 10.8. The number of aromatic nitrogens is 3. The standard InChI is InChI=1S/C25H27Cl2N5O3/c1-34-21-11-9-18(15-20(21)27)29-24-30-23(28-17-6-4-2-3-5-7-17)31-25(32-24)35-22-10-8-16(12-13-33)14-19(22)26/h8-11,13-15,17H,2-7,12H2,1H3,(H2,28,29,30,31,32). The first-order chi connectivity index (χ1) is 17.0. The van der Waals surface area contributed by atoms with E-state index in [2.05, 4.69) is 25.6 Å². The van der Waals surface area contributed by atoms with Crippen LogP contribution in [0.1, 0.15) is 44.1 Å². The van der Waals surface area contributed by atoms with E-state index in [1.165, 1.54) is 25.7 Å². The van der Waals surface area contributed by atoms with Crippen LogP contribution in [0.5, 0.6) is 17.5 Å². The quantitative estimate of drug-likeness (QED) is 0.243. The molecule has 184 valence electrons. The first-order valence-corrected chi connectivity index (χ1v) is 12.3. The smallest absolute Gasteiger partial charge is 0.328 e. The van der Waals surface area contributed by atoms with Crippen LogP contribution in [0.2, 0.25) is 10.0 Å². The second kappa shape index (κ2) is 12.0. The number of hydrogen-bond donors (Lipinski definition) is 2. The molecule has 0 atom stereocenters. The van der Waals surface area contributed by atoms with Gasteiger partial charge in [-0.1, -0.05) is 55.0 Å². The van der Waals surface area contributed by atoms with E-state index in [9.17, 15) is 4.79 Å². The van der Waals surface area contributed by atoms with Crippen molar-refractivity contribution in [1.82, 2.24) is 15.0 Å². The van der Waals surface area contributed by atoms with Crippen LogP contribution < -0.4 is 20.1 Å². The zero-order chi connectivity index (χ0) is 24.6. The summed E-state index contributed by atoms with van der Waals surface area (Å²) in [7, 11) is 1.56. The molecule has 2 N–H and O–H groups in total. The minimum Gasteiger partial charge on any atom is -0.495 e. The van der Waals surface area contributed by atoms with Crippen LogP contribution in [0.25, 0.3) is 0 Å². The van der Waals surface area contributed by atoms with Crippen molar-refractivity contribution in [2.75, 3.05) is 17.7 Å². The van der Waals surface area contributed by atoms with E-state index in [4.69, 9.17) is 32.7 Å². The molecule has 10 heteroatoms. The van der Waals surface area contributed by atoms with E-state index in [1.54, 1.807) is 37.4 Å². The number of benzene rings is 2. The van der Waals surface area contributed by atoms with Crippen LogP contribution in [0.15, 0.2) is 36.4 Å². The molecule has 4 rings (SSSR count). The molecule has 0 amide bonds. The molecule has 0 radical (unpaired) electrons. The Balaban J connectivity index is 1.61. The Morgan fingerprint density at radius 2 is 1.66 bits per heavy atom. The summed E-state index contributed by atoms with van der Waals surface area (Å²) in [6.07, 6.45) is 8.05. The van der Waals surface area contributed by atoms with Gasteiger partial charge in [-0.2, -0.15) is 15.0 Å². The van der Waals surface area contributed by atoms with Gasteiger partial charge in [-0.3, -0.25) is 0 Å². The SMILES string of the molecule is COc1ccc(Nc2nc(NC3CCCCCC3)nc(Oc3ccc(CC=O)cc3Cl)n2)cc1Cl. The Morgan fingerprint density at radius 1 is 0.943 bits per heavy atom. The molecule has 1 heterocycles. The van der Waals surface area contributed by atoms with E-state index < -0.39 is 0 Å². The molecule has 0 aliphatic heterocycles. The van der Waals surface area contributed by atoms with Gasteiger partial charge in [0, 0.05) is 18.2 Å². The van der Waals surface area contributed by atoms with E-state index in [0.717, 1.165) is 24.7 Å². The Hall–Kier alpha value is -3.10. The molecule has 2 aromatic carbocycles. The molecule has 0 bridgehead atoms. The van der Waals surface area contributed by atoms with Gasteiger partial charge in [0.1, 0.15) is 17.8 Å². The maximum atomic E-state index is 10.8. The second-order valence-corrected chi connectivity index (χ2v) is 9.12. The fraction of sp³-hybridized carbons (Fsp3) is 0.360. The maximum Gasteiger partial charge on any atom is 0.328 e. The van der Waals surface area contributed by atoms with Crippen molar-refractivity contribution in [3.63, 3.8) is 0 Å². The lowest BCUT2D eigenvalue weighted by Crippen LogP contribution is -2.20. The molecule has 0 spiro atoms. The summed E-state index contributed by atoms with van der Waals surface area (Å²) in [5.41, 5.74) is 1.48. The lowest BCUT2D eigenvalue weighted by Gasteiger charge is -2.17. The topological polar surface area (TPSA) is 98.3 Å². The molecule has 1 aliphatic rings. The number of rotatable bonds is 9. The lowest BCUT2D eigenvalue weighted by molar-refractivity contribution is -0.107. The normalized spacial score (nSPS) is 14.1. The van der Waals surface area contributed by atoms with Crippen molar-refractivity contribution >= 4 is 47.1 Å². The van der Waals surface area contributed by atoms with Crippen LogP contribution in [-0.2, 0) is 11.2 Å². The Labute approximate surface area is 214 Å². The van der Waals surface area contributed by atoms with Gasteiger partial charge < -0.3 is 24.9 Å². The van der Waals surface area contributed by atoms with Gasteiger partial charge in [-0.15, -0.1) is 0 Å². The number of ether oxygens (including phenoxy) is 2. The molecular weight excluding hydrogens is 489 g/mol. The molecule has 1 aromatic heterocycles. The van der Waals surface area contributed by atoms with Gasteiger partial charge in [-0.05, 0) is 48.7 Å². The summed E-state index contributed by atoms with van der Waals surface area (Å²) in [4.78, 5) is 24.3. The van der Waals surface area contributed by atoms with E-state index in [1.807, 2.05) is 6.07 Å². The van der Waals surface area contributed by atoms with Crippen LogP contribution in [0.4, 0.5) is 17.6 Å². The monoisotopic (exact) mass is 515 g/mol. The van der Waals surface area contributed by atoms with Crippen LogP contribution >= 0.6 is 23.2 Å². The fourth-order valence-corrected chi connectivity index (χ4v) is 4.45. The largest absolute Gasteiger partial charge is 0.495 e. The molecule has 1 fully saturated rings.